The van der Waals surface area contributed by atoms with Crippen molar-refractivity contribution in [3.05, 3.63) is 60.6 Å². The van der Waals surface area contributed by atoms with Gasteiger partial charge in [-0.2, -0.15) is 13.5 Å². The maximum atomic E-state index is 11.5. The minimum atomic E-state index is -4.29. The lowest BCUT2D eigenvalue weighted by Gasteiger charge is -2.09. The average molecular weight is 392 g/mol. The standard InChI is InChI=1S/C20H16N4O3S/c25-28(26,27)13-6-7-14-15(8-10-22-17(14)12-13)19-18-5-3-11-24(18)23-20(19)16-4-1-2-9-21-16/h1-2,4,6-10,12H,3,5,11H2,(H,25,26,27). The third-order valence-electron chi connectivity index (χ3n) is 5.03. The highest BCUT2D eigenvalue weighted by molar-refractivity contribution is 7.85. The molecule has 1 aromatic carbocycles. The number of benzene rings is 1. The van der Waals surface area contributed by atoms with Crippen LogP contribution in [-0.2, 0) is 23.1 Å². The molecule has 7 nitrogen and oxygen atoms in total. The predicted octanol–water partition coefficient (Wildman–Crippen LogP) is 3.35. The van der Waals surface area contributed by atoms with Crippen LogP contribution in [0.4, 0.5) is 0 Å². The molecule has 0 saturated heterocycles. The molecule has 1 N–H and O–H groups in total. The van der Waals surface area contributed by atoms with E-state index in [0.717, 1.165) is 53.0 Å². The van der Waals surface area contributed by atoms with Gasteiger partial charge in [0.25, 0.3) is 10.1 Å². The molecule has 3 aromatic heterocycles. The summed E-state index contributed by atoms with van der Waals surface area (Å²) in [6.45, 7) is 0.866. The summed E-state index contributed by atoms with van der Waals surface area (Å²) in [6, 6.07) is 12.1. The van der Waals surface area contributed by atoms with Gasteiger partial charge < -0.3 is 0 Å². The van der Waals surface area contributed by atoms with Crippen LogP contribution in [0.5, 0.6) is 0 Å². The molecule has 0 saturated carbocycles. The van der Waals surface area contributed by atoms with E-state index in [0.29, 0.717) is 5.52 Å². The Morgan fingerprint density at radius 1 is 1.04 bits per heavy atom. The molecular formula is C20H16N4O3S. The summed E-state index contributed by atoms with van der Waals surface area (Å²) in [6.07, 6.45) is 5.34. The molecule has 5 rings (SSSR count). The van der Waals surface area contributed by atoms with Crippen LogP contribution in [-0.4, -0.2) is 32.7 Å². The molecule has 140 valence electrons. The Balaban J connectivity index is 1.79. The first-order chi connectivity index (χ1) is 13.5. The van der Waals surface area contributed by atoms with Crippen LogP contribution in [0.25, 0.3) is 33.4 Å². The number of fused-ring (bicyclic) bond motifs is 2. The predicted molar refractivity (Wildman–Crippen MR) is 104 cm³/mol. The van der Waals surface area contributed by atoms with Crippen LogP contribution < -0.4 is 0 Å². The van der Waals surface area contributed by atoms with Crippen molar-refractivity contribution in [3.63, 3.8) is 0 Å². The summed E-state index contributed by atoms with van der Waals surface area (Å²) in [5.74, 6) is 0. The smallest absolute Gasteiger partial charge is 0.282 e. The summed E-state index contributed by atoms with van der Waals surface area (Å²) in [5, 5.41) is 5.60. The Labute approximate surface area is 161 Å². The third kappa shape index (κ3) is 2.69. The van der Waals surface area contributed by atoms with Gasteiger partial charge in [-0.3, -0.25) is 19.2 Å². The summed E-state index contributed by atoms with van der Waals surface area (Å²) in [7, 11) is -4.29. The first-order valence-electron chi connectivity index (χ1n) is 8.90. The van der Waals surface area contributed by atoms with Crippen LogP contribution in [0, 0.1) is 0 Å². The molecule has 0 amide bonds. The minimum absolute atomic E-state index is 0.171. The van der Waals surface area contributed by atoms with Gasteiger partial charge in [-0.25, -0.2) is 0 Å². The lowest BCUT2D eigenvalue weighted by Crippen LogP contribution is -1.98. The summed E-state index contributed by atoms with van der Waals surface area (Å²) < 4.78 is 34.3. The van der Waals surface area contributed by atoms with E-state index in [1.165, 1.54) is 12.1 Å². The van der Waals surface area contributed by atoms with Crippen molar-refractivity contribution >= 4 is 21.0 Å². The van der Waals surface area contributed by atoms with E-state index in [9.17, 15) is 13.0 Å². The number of rotatable bonds is 3. The van der Waals surface area contributed by atoms with E-state index >= 15 is 0 Å². The fourth-order valence-electron chi connectivity index (χ4n) is 3.80. The second kappa shape index (κ2) is 6.22. The molecule has 0 radical (unpaired) electrons. The fourth-order valence-corrected chi connectivity index (χ4v) is 4.30. The largest absolute Gasteiger partial charge is 0.294 e. The van der Waals surface area contributed by atoms with Gasteiger partial charge >= 0.3 is 0 Å². The molecule has 8 heteroatoms. The van der Waals surface area contributed by atoms with Gasteiger partial charge in [0.05, 0.1) is 16.1 Å². The molecule has 0 bridgehead atoms. The maximum absolute atomic E-state index is 11.5. The average Bonchev–Trinajstić information content (AvgIpc) is 3.28. The zero-order chi connectivity index (χ0) is 19.3. The maximum Gasteiger partial charge on any atom is 0.294 e. The number of nitrogens with zero attached hydrogens (tertiary/aromatic N) is 4. The Hall–Kier alpha value is -3.10. The summed E-state index contributed by atoms with van der Waals surface area (Å²) >= 11 is 0. The third-order valence-corrected chi connectivity index (χ3v) is 5.88. The first-order valence-corrected chi connectivity index (χ1v) is 10.3. The second-order valence-electron chi connectivity index (χ2n) is 6.72. The molecule has 0 unspecified atom stereocenters. The Bertz CT molecular complexity index is 1310. The van der Waals surface area contributed by atoms with Crippen LogP contribution in [0.2, 0.25) is 0 Å². The first kappa shape index (κ1) is 17.0. The Morgan fingerprint density at radius 3 is 2.71 bits per heavy atom. The Morgan fingerprint density at radius 2 is 1.93 bits per heavy atom. The van der Waals surface area contributed by atoms with Gasteiger partial charge in [0.2, 0.25) is 0 Å². The zero-order valence-electron chi connectivity index (χ0n) is 14.8. The van der Waals surface area contributed by atoms with Crippen LogP contribution in [0.3, 0.4) is 0 Å². The molecule has 0 aliphatic carbocycles. The lowest BCUT2D eigenvalue weighted by atomic mass is 9.97. The lowest BCUT2D eigenvalue weighted by molar-refractivity contribution is 0.483. The molecular weight excluding hydrogens is 376 g/mol. The highest BCUT2D eigenvalue weighted by Gasteiger charge is 2.25. The van der Waals surface area contributed by atoms with E-state index < -0.39 is 10.1 Å². The molecule has 4 heterocycles. The van der Waals surface area contributed by atoms with Gasteiger partial charge in [0, 0.05) is 35.6 Å². The van der Waals surface area contributed by atoms with Gasteiger partial charge in [-0.1, -0.05) is 12.1 Å². The molecule has 1 aliphatic heterocycles. The monoisotopic (exact) mass is 392 g/mol. The van der Waals surface area contributed by atoms with Crippen molar-refractivity contribution in [1.29, 1.82) is 0 Å². The SMILES string of the molecule is O=S(=O)(O)c1ccc2c(-c3c(-c4ccccn4)nn4c3CCC4)ccnc2c1. The van der Waals surface area contributed by atoms with Crippen molar-refractivity contribution in [3.8, 4) is 22.5 Å². The quantitative estimate of drug-likeness (QED) is 0.537. The minimum Gasteiger partial charge on any atom is -0.282 e. The van der Waals surface area contributed by atoms with Gasteiger partial charge in [-0.15, -0.1) is 0 Å². The highest BCUT2D eigenvalue weighted by Crippen LogP contribution is 2.39. The van der Waals surface area contributed by atoms with Gasteiger partial charge in [0.15, 0.2) is 0 Å². The van der Waals surface area contributed by atoms with Crippen molar-refractivity contribution in [2.75, 3.05) is 0 Å². The van der Waals surface area contributed by atoms with Crippen molar-refractivity contribution < 1.29 is 13.0 Å². The van der Waals surface area contributed by atoms with E-state index in [1.807, 2.05) is 28.9 Å². The molecule has 0 fully saturated rings. The Kier molecular flexibility index (Phi) is 3.78. The van der Waals surface area contributed by atoms with Crippen molar-refractivity contribution in [1.82, 2.24) is 19.7 Å². The summed E-state index contributed by atoms with van der Waals surface area (Å²) in [5.41, 5.74) is 5.17. The van der Waals surface area contributed by atoms with Crippen LogP contribution in [0.1, 0.15) is 12.1 Å². The number of aryl methyl sites for hydroxylation is 1. The van der Waals surface area contributed by atoms with Crippen LogP contribution in [0.15, 0.2) is 59.8 Å². The number of aromatic nitrogens is 4. The van der Waals surface area contributed by atoms with E-state index in [1.54, 1.807) is 18.5 Å². The van der Waals surface area contributed by atoms with Crippen LogP contribution >= 0.6 is 0 Å². The van der Waals surface area contributed by atoms with E-state index in [2.05, 4.69) is 9.97 Å². The number of hydrogen-bond acceptors (Lipinski definition) is 5. The molecule has 1 aliphatic rings. The molecule has 0 atom stereocenters. The topological polar surface area (TPSA) is 98.0 Å². The second-order valence-corrected chi connectivity index (χ2v) is 8.15. The van der Waals surface area contributed by atoms with E-state index in [4.69, 9.17) is 5.10 Å². The number of pyridine rings is 2. The van der Waals surface area contributed by atoms with E-state index in [-0.39, 0.29) is 4.90 Å². The normalized spacial score (nSPS) is 13.8. The van der Waals surface area contributed by atoms with Gasteiger partial charge in [-0.05, 0) is 48.7 Å². The molecule has 4 aromatic rings. The van der Waals surface area contributed by atoms with Crippen molar-refractivity contribution in [2.45, 2.75) is 24.3 Å². The highest BCUT2D eigenvalue weighted by atomic mass is 32.2. The van der Waals surface area contributed by atoms with Crippen molar-refractivity contribution in [2.24, 2.45) is 0 Å². The van der Waals surface area contributed by atoms with Gasteiger partial charge in [0.1, 0.15) is 5.69 Å². The summed E-state index contributed by atoms with van der Waals surface area (Å²) in [4.78, 5) is 8.60. The fraction of sp³-hybridized carbons (Fsp3) is 0.150. The number of hydrogen-bond donors (Lipinski definition) is 1. The molecule has 28 heavy (non-hydrogen) atoms. The molecule has 0 spiro atoms. The zero-order valence-corrected chi connectivity index (χ0v) is 15.6.